The first-order valence-corrected chi connectivity index (χ1v) is 12.8. The molecule has 0 radical (unpaired) electrons. The van der Waals surface area contributed by atoms with Gasteiger partial charge in [0.2, 0.25) is 0 Å². The van der Waals surface area contributed by atoms with E-state index in [1.54, 1.807) is 19.4 Å². The Morgan fingerprint density at radius 2 is 1.82 bits per heavy atom. The van der Waals surface area contributed by atoms with Crippen LogP contribution in [0.25, 0.3) is 22.3 Å². The van der Waals surface area contributed by atoms with Crippen molar-refractivity contribution in [1.29, 1.82) is 0 Å². The monoisotopic (exact) mass is 558 g/mol. The largest absolute Gasteiger partial charge is 0.494 e. The number of halogens is 2. The molecule has 1 unspecified atom stereocenters. The summed E-state index contributed by atoms with van der Waals surface area (Å²) in [6, 6.07) is 2.81. The van der Waals surface area contributed by atoms with Crippen molar-refractivity contribution in [1.82, 2.24) is 20.3 Å². The van der Waals surface area contributed by atoms with E-state index >= 15 is 8.78 Å². The summed E-state index contributed by atoms with van der Waals surface area (Å²) in [4.78, 5) is 15.6. The number of anilines is 2. The molecule has 11 nitrogen and oxygen atoms in total. The van der Waals surface area contributed by atoms with Gasteiger partial charge < -0.3 is 33.9 Å². The van der Waals surface area contributed by atoms with Gasteiger partial charge in [0.05, 0.1) is 63.4 Å². The van der Waals surface area contributed by atoms with Crippen molar-refractivity contribution in [2.24, 2.45) is 0 Å². The first-order valence-electron chi connectivity index (χ1n) is 12.8. The van der Waals surface area contributed by atoms with E-state index in [1.807, 2.05) is 11.0 Å². The maximum Gasteiger partial charge on any atom is 0.179 e. The summed E-state index contributed by atoms with van der Waals surface area (Å²) in [6.07, 6.45) is 3.66. The van der Waals surface area contributed by atoms with Crippen molar-refractivity contribution in [3.05, 3.63) is 42.6 Å². The quantitative estimate of drug-likeness (QED) is 0.283. The van der Waals surface area contributed by atoms with Gasteiger partial charge in [-0.3, -0.25) is 5.32 Å². The molecule has 5 rings (SSSR count). The molecule has 0 saturated carbocycles. The van der Waals surface area contributed by atoms with Gasteiger partial charge in [-0.2, -0.15) is 0 Å². The number of nitrogens with one attached hydrogen (secondary N) is 2. The third-order valence-electron chi connectivity index (χ3n) is 6.88. The van der Waals surface area contributed by atoms with Crippen LogP contribution in [0.4, 0.5) is 20.4 Å². The highest BCUT2D eigenvalue weighted by atomic mass is 19.1. The fraction of sp³-hybridized carbons (Fsp3) is 0.444. The molecule has 0 bridgehead atoms. The zero-order chi connectivity index (χ0) is 28.2. The first-order chi connectivity index (χ1) is 19.5. The second-order valence-corrected chi connectivity index (χ2v) is 9.35. The average molecular weight is 559 g/mol. The van der Waals surface area contributed by atoms with E-state index in [1.165, 1.54) is 14.2 Å². The smallest absolute Gasteiger partial charge is 0.179 e. The predicted octanol–water partition coefficient (Wildman–Crippen LogP) is 3.10. The SMILES string of the molecule is C=CC(N[C@H]1COC[C@H]1Nc1cc2c(N3CCCOC3)nc(-c3c(F)c(OC)cc(OC)c3F)nc2cn1)OC. The van der Waals surface area contributed by atoms with E-state index in [0.717, 1.165) is 12.5 Å². The zero-order valence-electron chi connectivity index (χ0n) is 22.6. The summed E-state index contributed by atoms with van der Waals surface area (Å²) in [5, 5.41) is 7.40. The number of ether oxygens (including phenoxy) is 5. The lowest BCUT2D eigenvalue weighted by Gasteiger charge is -2.29. The number of hydrogen-bond acceptors (Lipinski definition) is 11. The number of nitrogens with zero attached hydrogens (tertiary/aromatic N) is 4. The van der Waals surface area contributed by atoms with Gasteiger partial charge in [-0.1, -0.05) is 6.58 Å². The number of benzene rings is 1. The molecule has 0 aliphatic carbocycles. The molecule has 40 heavy (non-hydrogen) atoms. The van der Waals surface area contributed by atoms with E-state index in [-0.39, 0.29) is 42.4 Å². The van der Waals surface area contributed by atoms with Crippen LogP contribution in [0.15, 0.2) is 31.0 Å². The number of fused-ring (bicyclic) bond motifs is 1. The maximum absolute atomic E-state index is 15.4. The molecule has 13 heteroatoms. The Bertz CT molecular complexity index is 1340. The van der Waals surface area contributed by atoms with Gasteiger partial charge in [-0.05, 0) is 18.6 Å². The van der Waals surface area contributed by atoms with Gasteiger partial charge in [0.1, 0.15) is 24.6 Å². The Hall–Kier alpha value is -3.65. The molecule has 2 saturated heterocycles. The molecule has 4 heterocycles. The Labute approximate surface area is 230 Å². The normalized spacial score (nSPS) is 20.0. The van der Waals surface area contributed by atoms with Crippen LogP contribution >= 0.6 is 0 Å². The van der Waals surface area contributed by atoms with Crippen LogP contribution in [0.1, 0.15) is 6.42 Å². The van der Waals surface area contributed by atoms with E-state index in [0.29, 0.717) is 48.9 Å². The second kappa shape index (κ2) is 12.3. The lowest BCUT2D eigenvalue weighted by Crippen LogP contribution is -2.47. The molecule has 214 valence electrons. The maximum atomic E-state index is 15.4. The van der Waals surface area contributed by atoms with Crippen LogP contribution in [-0.4, -0.2) is 87.7 Å². The summed E-state index contributed by atoms with van der Waals surface area (Å²) in [5.41, 5.74) is -0.0495. The average Bonchev–Trinajstić information content (AvgIpc) is 3.42. The Morgan fingerprint density at radius 3 is 2.48 bits per heavy atom. The molecular weight excluding hydrogens is 526 g/mol. The second-order valence-electron chi connectivity index (χ2n) is 9.35. The molecule has 2 fully saturated rings. The molecule has 0 spiro atoms. The van der Waals surface area contributed by atoms with E-state index < -0.39 is 17.2 Å². The molecule has 3 atom stereocenters. The van der Waals surface area contributed by atoms with E-state index in [4.69, 9.17) is 23.7 Å². The minimum atomic E-state index is -0.930. The predicted molar refractivity (Wildman–Crippen MR) is 145 cm³/mol. The Morgan fingerprint density at radius 1 is 1.07 bits per heavy atom. The fourth-order valence-corrected chi connectivity index (χ4v) is 4.79. The number of methoxy groups -OCH3 is 3. The third-order valence-corrected chi connectivity index (χ3v) is 6.88. The van der Waals surface area contributed by atoms with Crippen LogP contribution in [0.2, 0.25) is 0 Å². The molecular formula is C27H32F2N6O5. The van der Waals surface area contributed by atoms with Gasteiger partial charge in [-0.15, -0.1) is 0 Å². The van der Waals surface area contributed by atoms with Crippen molar-refractivity contribution in [3.63, 3.8) is 0 Å². The van der Waals surface area contributed by atoms with Gasteiger partial charge in [0.15, 0.2) is 29.0 Å². The molecule has 2 aliphatic rings. The summed E-state index contributed by atoms with van der Waals surface area (Å²) >= 11 is 0. The van der Waals surface area contributed by atoms with E-state index in [2.05, 4.69) is 32.2 Å². The summed E-state index contributed by atoms with van der Waals surface area (Å²) in [7, 11) is 4.18. The molecule has 3 aromatic rings. The molecule has 2 aromatic heterocycles. The van der Waals surface area contributed by atoms with Crippen LogP contribution in [0.3, 0.4) is 0 Å². The van der Waals surface area contributed by atoms with Crippen molar-refractivity contribution < 1.29 is 32.5 Å². The topological polar surface area (TPSA) is 112 Å². The van der Waals surface area contributed by atoms with Crippen LogP contribution in [0, 0.1) is 11.6 Å². The van der Waals surface area contributed by atoms with Gasteiger partial charge in [0.25, 0.3) is 0 Å². The first kappa shape index (κ1) is 27.9. The standard InChI is InChI=1S/C27H32F2N6O5/c1-5-22(38-4)32-18-13-40-12-17(18)31-21-9-15-16(11-30-21)33-26(34-27(15)35-7-6-8-39-14-35)23-24(28)19(36-2)10-20(37-3)25(23)29/h5,9-11,17-18,22,32H,1,6-8,12-14H2,2-4H3,(H,30,31)/t17-,18+,22?/m1/s1. The van der Waals surface area contributed by atoms with Gasteiger partial charge in [0, 0.05) is 25.1 Å². The highest BCUT2D eigenvalue weighted by Crippen LogP contribution is 2.38. The van der Waals surface area contributed by atoms with Crippen LogP contribution < -0.4 is 25.0 Å². The number of hydrogen-bond donors (Lipinski definition) is 2. The Balaban J connectivity index is 1.56. The van der Waals surface area contributed by atoms with Gasteiger partial charge >= 0.3 is 0 Å². The lowest BCUT2D eigenvalue weighted by atomic mass is 10.1. The number of rotatable bonds is 10. The molecule has 2 N–H and O–H groups in total. The molecule has 0 amide bonds. The van der Waals surface area contributed by atoms with Gasteiger partial charge in [-0.25, -0.2) is 23.7 Å². The fourth-order valence-electron chi connectivity index (χ4n) is 4.79. The lowest BCUT2D eigenvalue weighted by molar-refractivity contribution is 0.0958. The highest BCUT2D eigenvalue weighted by Gasteiger charge is 2.31. The van der Waals surface area contributed by atoms with Crippen LogP contribution in [0.5, 0.6) is 11.5 Å². The van der Waals surface area contributed by atoms with Crippen molar-refractivity contribution >= 4 is 22.5 Å². The summed E-state index contributed by atoms with van der Waals surface area (Å²) in [5.74, 6) is -1.36. The number of aromatic nitrogens is 3. The summed E-state index contributed by atoms with van der Waals surface area (Å²) in [6.45, 7) is 6.26. The van der Waals surface area contributed by atoms with Crippen molar-refractivity contribution in [2.45, 2.75) is 24.7 Å². The van der Waals surface area contributed by atoms with E-state index in [9.17, 15) is 0 Å². The van der Waals surface area contributed by atoms with Crippen molar-refractivity contribution in [3.8, 4) is 22.9 Å². The molecule has 1 aromatic carbocycles. The third kappa shape index (κ3) is 5.50. The zero-order valence-corrected chi connectivity index (χ0v) is 22.6. The van der Waals surface area contributed by atoms with Crippen molar-refractivity contribution in [2.75, 3.05) is 64.6 Å². The minimum absolute atomic E-state index is 0.0528. The highest BCUT2D eigenvalue weighted by molar-refractivity contribution is 5.92. The minimum Gasteiger partial charge on any atom is -0.494 e. The molecule has 2 aliphatic heterocycles. The Kier molecular flexibility index (Phi) is 8.54. The number of pyridine rings is 1. The summed E-state index contributed by atoms with van der Waals surface area (Å²) < 4.78 is 57.7. The van der Waals surface area contributed by atoms with Crippen LogP contribution in [-0.2, 0) is 14.2 Å².